The Morgan fingerprint density at radius 3 is 1.63 bits per heavy atom. The molecule has 0 aromatic rings. The van der Waals surface area contributed by atoms with Gasteiger partial charge < -0.3 is 10.0 Å². The molecule has 2 nitrogen and oxygen atoms in total. The van der Waals surface area contributed by atoms with Gasteiger partial charge in [-0.15, -0.1) is 0 Å². The molecule has 2 saturated carbocycles. The first kappa shape index (κ1) is 19.4. The summed E-state index contributed by atoms with van der Waals surface area (Å²) in [6.07, 6.45) is 15.7. The van der Waals surface area contributed by atoms with E-state index >= 15 is 0 Å². The Morgan fingerprint density at radius 1 is 0.842 bits per heavy atom. The Balaban J connectivity index is 0.000000454. The average molecular weight is 301 g/mol. The van der Waals surface area contributed by atoms with Crippen LogP contribution in [0.3, 0.4) is 0 Å². The van der Waals surface area contributed by atoms with Crippen molar-refractivity contribution in [1.29, 1.82) is 0 Å². The van der Waals surface area contributed by atoms with E-state index in [4.69, 9.17) is 0 Å². The van der Waals surface area contributed by atoms with Gasteiger partial charge in [0.15, 0.2) is 0 Å². The van der Waals surface area contributed by atoms with Crippen LogP contribution in [-0.2, 0) is 17.1 Å². The molecule has 0 aromatic carbocycles. The van der Waals surface area contributed by atoms with Crippen LogP contribution in [0.5, 0.6) is 0 Å². The average Bonchev–Trinajstić information content (AvgIpc) is 3.01. The molecule has 0 aromatic heterocycles. The van der Waals surface area contributed by atoms with Crippen LogP contribution in [0.4, 0.5) is 0 Å². The Morgan fingerprint density at radius 2 is 1.26 bits per heavy atom. The largest absolute Gasteiger partial charge is 0.393 e. The van der Waals surface area contributed by atoms with E-state index in [-0.39, 0.29) is 23.2 Å². The molecule has 0 saturated heterocycles. The quantitative estimate of drug-likeness (QED) is 0.807. The van der Waals surface area contributed by atoms with Gasteiger partial charge in [0.1, 0.15) is 0 Å². The molecule has 0 heterocycles. The van der Waals surface area contributed by atoms with Crippen molar-refractivity contribution in [2.45, 2.75) is 26.0 Å². The summed E-state index contributed by atoms with van der Waals surface area (Å²) in [7, 11) is 4.09. The van der Waals surface area contributed by atoms with Gasteiger partial charge in [-0.05, 0) is 79.3 Å². The predicted molar refractivity (Wildman–Crippen MR) is 75.7 cm³/mol. The summed E-state index contributed by atoms with van der Waals surface area (Å²) in [5.74, 6) is 2.27. The van der Waals surface area contributed by atoms with Crippen LogP contribution in [0.25, 0.3) is 0 Å². The van der Waals surface area contributed by atoms with E-state index in [0.717, 1.165) is 5.92 Å². The van der Waals surface area contributed by atoms with Gasteiger partial charge in [0.05, 0.1) is 6.10 Å². The molecule has 10 radical (unpaired) electrons. The van der Waals surface area contributed by atoms with Gasteiger partial charge in [-0.2, -0.15) is 0 Å². The zero-order valence-corrected chi connectivity index (χ0v) is 13.1. The maximum atomic E-state index is 9.51. The van der Waals surface area contributed by atoms with Crippen molar-refractivity contribution in [2.24, 2.45) is 0 Å². The standard InChI is InChI=1S/C11H18NO.C5H5.Fe/c1-8(12(3)4)10-6-5-7-11(10)9(2)13;1-2-4-5-3-1;/h5-9,13H,1-4H3;1-5H;/t8-,9+;;/m0../s1. The summed E-state index contributed by atoms with van der Waals surface area (Å²) in [6.45, 7) is 3.95. The topological polar surface area (TPSA) is 23.5 Å². The second kappa shape index (κ2) is 10.2. The fourth-order valence-electron chi connectivity index (χ4n) is 1.81. The molecule has 2 aliphatic rings. The van der Waals surface area contributed by atoms with Gasteiger partial charge in [0, 0.05) is 34.9 Å². The normalized spacial score (nSPS) is 23.7. The van der Waals surface area contributed by atoms with Crippen molar-refractivity contribution in [3.05, 3.63) is 63.2 Å². The molecule has 19 heavy (non-hydrogen) atoms. The third-order valence-corrected chi connectivity index (χ3v) is 3.12. The molecule has 0 aliphatic heterocycles. The van der Waals surface area contributed by atoms with Gasteiger partial charge in [-0.3, -0.25) is 0 Å². The smallest absolute Gasteiger partial charge is 0.0584 e. The molecule has 2 rings (SSSR count). The first-order chi connectivity index (χ1) is 8.54. The minimum absolute atomic E-state index is 0. The van der Waals surface area contributed by atoms with Gasteiger partial charge in [0.25, 0.3) is 0 Å². The van der Waals surface area contributed by atoms with E-state index < -0.39 is 0 Å². The van der Waals surface area contributed by atoms with Crippen molar-refractivity contribution in [2.75, 3.05) is 14.1 Å². The SMILES string of the molecule is C[C@@H](O)[C]1[CH][CH][CH][C]1[C@H](C)N(C)C.[CH]1[CH][CH][CH][CH]1.[Fe]. The molecule has 1 N–H and O–H groups in total. The van der Waals surface area contributed by atoms with E-state index in [2.05, 4.69) is 18.2 Å². The van der Waals surface area contributed by atoms with Gasteiger partial charge in [0.2, 0.25) is 0 Å². The summed E-state index contributed by atoms with van der Waals surface area (Å²) in [5, 5.41) is 9.51. The fraction of sp³-hybridized carbons (Fsp3) is 0.375. The van der Waals surface area contributed by atoms with Crippen LogP contribution in [0.2, 0.25) is 0 Å². The van der Waals surface area contributed by atoms with Crippen molar-refractivity contribution >= 4 is 0 Å². The predicted octanol–water partition coefficient (Wildman–Crippen LogP) is 2.11. The third-order valence-electron chi connectivity index (χ3n) is 3.12. The van der Waals surface area contributed by atoms with Crippen LogP contribution < -0.4 is 0 Å². The molecule has 3 heteroatoms. The van der Waals surface area contributed by atoms with E-state index in [1.54, 1.807) is 6.92 Å². The van der Waals surface area contributed by atoms with E-state index in [1.165, 1.54) is 5.92 Å². The Labute approximate surface area is 130 Å². The molecule has 2 aliphatic carbocycles. The Bertz CT molecular complexity index is 209. The molecule has 2 fully saturated rings. The first-order valence-electron chi connectivity index (χ1n) is 6.30. The Hall–Kier alpha value is 0.439. The van der Waals surface area contributed by atoms with Crippen LogP contribution >= 0.6 is 0 Å². The van der Waals surface area contributed by atoms with E-state index in [0.29, 0.717) is 6.04 Å². The van der Waals surface area contributed by atoms with Crippen LogP contribution in [0, 0.1) is 63.2 Å². The van der Waals surface area contributed by atoms with Crippen LogP contribution in [0.15, 0.2) is 0 Å². The Kier molecular flexibility index (Phi) is 10.4. The number of aliphatic hydroxyl groups is 1. The van der Waals surface area contributed by atoms with Crippen molar-refractivity contribution in [3.63, 3.8) is 0 Å². The van der Waals surface area contributed by atoms with Crippen LogP contribution in [-0.4, -0.2) is 36.2 Å². The molecule has 2 atom stereocenters. The second-order valence-corrected chi connectivity index (χ2v) is 4.71. The van der Waals surface area contributed by atoms with Gasteiger partial charge >= 0.3 is 0 Å². The fourth-order valence-corrected chi connectivity index (χ4v) is 1.81. The van der Waals surface area contributed by atoms with E-state index in [9.17, 15) is 5.11 Å². The summed E-state index contributed by atoms with van der Waals surface area (Å²) >= 11 is 0. The summed E-state index contributed by atoms with van der Waals surface area (Å²) < 4.78 is 0. The molecule has 0 bridgehead atoms. The second-order valence-electron chi connectivity index (χ2n) is 4.71. The number of aliphatic hydroxyl groups excluding tert-OH is 1. The molecule has 0 amide bonds. The number of hydrogen-bond donors (Lipinski definition) is 1. The van der Waals surface area contributed by atoms with Crippen molar-refractivity contribution in [3.8, 4) is 0 Å². The summed E-state index contributed by atoms with van der Waals surface area (Å²) in [4.78, 5) is 2.14. The summed E-state index contributed by atoms with van der Waals surface area (Å²) in [6, 6.07) is 0.361. The number of hydrogen-bond acceptors (Lipinski definition) is 2. The van der Waals surface area contributed by atoms with Gasteiger partial charge in [-0.1, -0.05) is 0 Å². The third kappa shape index (κ3) is 6.62. The minimum atomic E-state index is -0.368. The first-order valence-corrected chi connectivity index (χ1v) is 6.30. The molecule has 106 valence electrons. The maximum absolute atomic E-state index is 9.51. The molecular formula is C16H23FeNO. The van der Waals surface area contributed by atoms with E-state index in [1.807, 2.05) is 59.0 Å². The van der Waals surface area contributed by atoms with Gasteiger partial charge in [-0.25, -0.2) is 0 Å². The molecule has 0 spiro atoms. The molecular weight excluding hydrogens is 278 g/mol. The molecule has 0 unspecified atom stereocenters. The maximum Gasteiger partial charge on any atom is 0.0584 e. The zero-order chi connectivity index (χ0) is 13.5. The monoisotopic (exact) mass is 301 g/mol. The van der Waals surface area contributed by atoms with Crippen molar-refractivity contribution in [1.82, 2.24) is 4.90 Å². The summed E-state index contributed by atoms with van der Waals surface area (Å²) in [5.41, 5.74) is 0. The van der Waals surface area contributed by atoms with Crippen molar-refractivity contribution < 1.29 is 22.2 Å². The minimum Gasteiger partial charge on any atom is -0.393 e. The zero-order valence-electron chi connectivity index (χ0n) is 12.0. The van der Waals surface area contributed by atoms with Crippen LogP contribution in [0.1, 0.15) is 13.8 Å². The number of nitrogens with zero attached hydrogens (tertiary/aromatic N) is 1. The number of rotatable bonds is 3.